The van der Waals surface area contributed by atoms with Crippen LogP contribution in [0.25, 0.3) is 0 Å². The molecule has 2 rings (SSSR count). The van der Waals surface area contributed by atoms with Crippen LogP contribution in [0.1, 0.15) is 29.6 Å². The van der Waals surface area contributed by atoms with E-state index in [1.165, 1.54) is 7.11 Å². The highest BCUT2D eigenvalue weighted by Crippen LogP contribution is 2.33. The molecular formula is C15H21NO4. The van der Waals surface area contributed by atoms with Crippen molar-refractivity contribution in [2.45, 2.75) is 25.4 Å². The molecule has 1 heterocycles. The maximum Gasteiger partial charge on any atom is 0.341 e. The van der Waals surface area contributed by atoms with E-state index in [2.05, 4.69) is 5.32 Å². The number of para-hydroxylation sites is 1. The Morgan fingerprint density at radius 3 is 2.85 bits per heavy atom. The van der Waals surface area contributed by atoms with E-state index < -0.39 is 5.97 Å². The summed E-state index contributed by atoms with van der Waals surface area (Å²) >= 11 is 0. The number of nitrogens with one attached hydrogen (secondary N) is 1. The molecule has 1 atom stereocenters. The minimum absolute atomic E-state index is 0.0877. The fourth-order valence-electron chi connectivity index (χ4n) is 2.34. The third-order valence-corrected chi connectivity index (χ3v) is 3.41. The number of ether oxygens (including phenoxy) is 3. The quantitative estimate of drug-likeness (QED) is 0.854. The molecule has 20 heavy (non-hydrogen) atoms. The van der Waals surface area contributed by atoms with Crippen molar-refractivity contribution in [1.82, 2.24) is 5.32 Å². The standard InChI is InChI=1S/C15H21NO4/c1-18-13-7-3-6-12(15(17)19-2)14(13)20-11-5-4-9-16-10-8-11/h3,6-7,11,16H,4-5,8-10H2,1-2H3. The van der Waals surface area contributed by atoms with Gasteiger partial charge in [-0.25, -0.2) is 4.79 Å². The van der Waals surface area contributed by atoms with Gasteiger partial charge >= 0.3 is 5.97 Å². The van der Waals surface area contributed by atoms with Gasteiger partial charge in [0.1, 0.15) is 11.7 Å². The Hall–Kier alpha value is -1.75. The fourth-order valence-corrected chi connectivity index (χ4v) is 2.34. The van der Waals surface area contributed by atoms with Crippen LogP contribution in [-0.2, 0) is 4.74 Å². The number of esters is 1. The molecule has 110 valence electrons. The van der Waals surface area contributed by atoms with Crippen molar-refractivity contribution < 1.29 is 19.0 Å². The van der Waals surface area contributed by atoms with Gasteiger partial charge in [0.05, 0.1) is 14.2 Å². The van der Waals surface area contributed by atoms with E-state index in [0.29, 0.717) is 17.1 Å². The number of carbonyl (C=O) groups excluding carboxylic acids is 1. The summed E-state index contributed by atoms with van der Waals surface area (Å²) in [5.41, 5.74) is 0.407. The molecule has 1 saturated heterocycles. The first-order valence-electron chi connectivity index (χ1n) is 6.89. The van der Waals surface area contributed by atoms with Gasteiger partial charge in [-0.1, -0.05) is 6.07 Å². The summed E-state index contributed by atoms with van der Waals surface area (Å²) in [6, 6.07) is 5.24. The molecular weight excluding hydrogens is 258 g/mol. The van der Waals surface area contributed by atoms with Gasteiger partial charge in [0, 0.05) is 0 Å². The highest BCUT2D eigenvalue weighted by Gasteiger charge is 2.22. The van der Waals surface area contributed by atoms with E-state index >= 15 is 0 Å². The SMILES string of the molecule is COC(=O)c1cccc(OC)c1OC1CCCNCC1. The predicted molar refractivity (Wildman–Crippen MR) is 75.5 cm³/mol. The van der Waals surface area contributed by atoms with E-state index in [9.17, 15) is 4.79 Å². The number of hydrogen-bond acceptors (Lipinski definition) is 5. The van der Waals surface area contributed by atoms with Gasteiger partial charge in [-0.3, -0.25) is 0 Å². The molecule has 1 fully saturated rings. The molecule has 5 heteroatoms. The van der Waals surface area contributed by atoms with Crippen molar-refractivity contribution in [3.8, 4) is 11.5 Å². The number of methoxy groups -OCH3 is 2. The summed E-state index contributed by atoms with van der Waals surface area (Å²) in [5, 5.41) is 3.34. The molecule has 1 aliphatic rings. The monoisotopic (exact) mass is 279 g/mol. The van der Waals surface area contributed by atoms with Crippen LogP contribution in [0.5, 0.6) is 11.5 Å². The smallest absolute Gasteiger partial charge is 0.341 e. The zero-order chi connectivity index (χ0) is 14.4. The van der Waals surface area contributed by atoms with Crippen LogP contribution in [-0.4, -0.2) is 39.4 Å². The lowest BCUT2D eigenvalue weighted by molar-refractivity contribution is 0.0591. The van der Waals surface area contributed by atoms with E-state index in [4.69, 9.17) is 14.2 Å². The van der Waals surface area contributed by atoms with Crippen molar-refractivity contribution in [3.05, 3.63) is 23.8 Å². The van der Waals surface area contributed by atoms with Crippen LogP contribution in [0.15, 0.2) is 18.2 Å². The highest BCUT2D eigenvalue weighted by atomic mass is 16.5. The third kappa shape index (κ3) is 3.42. The van der Waals surface area contributed by atoms with Gasteiger partial charge in [-0.2, -0.15) is 0 Å². The summed E-state index contributed by atoms with van der Waals surface area (Å²) in [5.74, 6) is 0.629. The summed E-state index contributed by atoms with van der Waals surface area (Å²) < 4.78 is 16.2. The average Bonchev–Trinajstić information content (AvgIpc) is 2.75. The molecule has 0 radical (unpaired) electrons. The normalized spacial score (nSPS) is 19.0. The minimum atomic E-state index is -0.411. The van der Waals surface area contributed by atoms with Crippen molar-refractivity contribution in [1.29, 1.82) is 0 Å². The van der Waals surface area contributed by atoms with Crippen LogP contribution >= 0.6 is 0 Å². The Labute approximate surface area is 119 Å². The Balaban J connectivity index is 2.25. The fraction of sp³-hybridized carbons (Fsp3) is 0.533. The van der Waals surface area contributed by atoms with E-state index in [1.54, 1.807) is 25.3 Å². The average molecular weight is 279 g/mol. The van der Waals surface area contributed by atoms with Gasteiger partial charge < -0.3 is 19.5 Å². The minimum Gasteiger partial charge on any atom is -0.493 e. The molecule has 1 aliphatic heterocycles. The molecule has 1 aromatic rings. The molecule has 0 spiro atoms. The maximum atomic E-state index is 11.8. The second kappa shape index (κ2) is 7.14. The van der Waals surface area contributed by atoms with Crippen LogP contribution in [0.4, 0.5) is 0 Å². The molecule has 5 nitrogen and oxygen atoms in total. The van der Waals surface area contributed by atoms with Gasteiger partial charge in [0.15, 0.2) is 11.5 Å². The van der Waals surface area contributed by atoms with Crippen LogP contribution in [0.2, 0.25) is 0 Å². The Morgan fingerprint density at radius 2 is 2.10 bits per heavy atom. The van der Waals surface area contributed by atoms with E-state index in [0.717, 1.165) is 32.4 Å². The summed E-state index contributed by atoms with van der Waals surface area (Å²) in [6.07, 6.45) is 3.03. The first-order valence-corrected chi connectivity index (χ1v) is 6.89. The first-order chi connectivity index (χ1) is 9.76. The molecule has 1 unspecified atom stereocenters. The van der Waals surface area contributed by atoms with Crippen LogP contribution in [0, 0.1) is 0 Å². The zero-order valence-electron chi connectivity index (χ0n) is 12.0. The topological polar surface area (TPSA) is 56.8 Å². The zero-order valence-corrected chi connectivity index (χ0v) is 12.0. The lowest BCUT2D eigenvalue weighted by atomic mass is 10.1. The Bertz CT molecular complexity index is 453. The van der Waals surface area contributed by atoms with E-state index in [1.807, 2.05) is 0 Å². The molecule has 0 aliphatic carbocycles. The van der Waals surface area contributed by atoms with Gasteiger partial charge in [-0.15, -0.1) is 0 Å². The lowest BCUT2D eigenvalue weighted by Crippen LogP contribution is -2.21. The molecule has 1 N–H and O–H groups in total. The number of benzene rings is 1. The van der Waals surface area contributed by atoms with Crippen LogP contribution in [0.3, 0.4) is 0 Å². The van der Waals surface area contributed by atoms with Gasteiger partial charge in [0.2, 0.25) is 0 Å². The second-order valence-corrected chi connectivity index (χ2v) is 4.75. The first kappa shape index (κ1) is 14.7. The van der Waals surface area contributed by atoms with Crippen molar-refractivity contribution in [2.24, 2.45) is 0 Å². The Morgan fingerprint density at radius 1 is 1.25 bits per heavy atom. The van der Waals surface area contributed by atoms with Gasteiger partial charge in [-0.05, 0) is 44.5 Å². The lowest BCUT2D eigenvalue weighted by Gasteiger charge is -2.20. The van der Waals surface area contributed by atoms with Crippen molar-refractivity contribution in [2.75, 3.05) is 27.3 Å². The third-order valence-electron chi connectivity index (χ3n) is 3.41. The largest absolute Gasteiger partial charge is 0.493 e. The molecule has 0 saturated carbocycles. The van der Waals surface area contributed by atoms with E-state index in [-0.39, 0.29) is 6.10 Å². The number of hydrogen-bond donors (Lipinski definition) is 1. The number of rotatable bonds is 4. The molecule has 0 bridgehead atoms. The van der Waals surface area contributed by atoms with Crippen molar-refractivity contribution >= 4 is 5.97 Å². The number of carbonyl (C=O) groups is 1. The summed E-state index contributed by atoms with van der Waals surface area (Å²) in [7, 11) is 2.93. The molecule has 0 amide bonds. The van der Waals surface area contributed by atoms with Gasteiger partial charge in [0.25, 0.3) is 0 Å². The summed E-state index contributed by atoms with van der Waals surface area (Å²) in [6.45, 7) is 1.93. The maximum absolute atomic E-state index is 11.8. The predicted octanol–water partition coefficient (Wildman–Crippen LogP) is 2.00. The highest BCUT2D eigenvalue weighted by molar-refractivity contribution is 5.93. The molecule has 0 aromatic heterocycles. The second-order valence-electron chi connectivity index (χ2n) is 4.75. The van der Waals surface area contributed by atoms with Crippen LogP contribution < -0.4 is 14.8 Å². The van der Waals surface area contributed by atoms with Crippen molar-refractivity contribution in [3.63, 3.8) is 0 Å². The molecule has 1 aromatic carbocycles. The summed E-state index contributed by atoms with van der Waals surface area (Å²) in [4.78, 5) is 11.8. The Kier molecular flexibility index (Phi) is 5.24.